The predicted molar refractivity (Wildman–Crippen MR) is 128 cm³/mol. The number of carbonyl (C=O) groups is 1. The fourth-order valence-corrected chi connectivity index (χ4v) is 3.69. The van der Waals surface area contributed by atoms with Crippen LogP contribution in [0.2, 0.25) is 0 Å². The van der Waals surface area contributed by atoms with E-state index in [1.807, 2.05) is 24.3 Å². The number of unbranched alkanes of at least 4 members (excludes halogenated alkanes) is 2. The highest BCUT2D eigenvalue weighted by molar-refractivity contribution is 5.77. The second kappa shape index (κ2) is 11.9. The molecular formula is C26H32N3O3+. The van der Waals surface area contributed by atoms with Crippen LogP contribution in [0.3, 0.4) is 0 Å². The second-order valence-corrected chi connectivity index (χ2v) is 7.68. The van der Waals surface area contributed by atoms with Gasteiger partial charge in [0.2, 0.25) is 17.1 Å². The van der Waals surface area contributed by atoms with Crippen LogP contribution in [0.4, 0.5) is 0 Å². The number of pyridine rings is 1. The van der Waals surface area contributed by atoms with Crippen molar-refractivity contribution in [3.63, 3.8) is 0 Å². The topological polar surface area (TPSA) is 88.5 Å². The maximum absolute atomic E-state index is 11.7. The molecule has 0 radical (unpaired) electrons. The lowest BCUT2D eigenvalue weighted by molar-refractivity contribution is -0.673. The number of aromatic hydroxyl groups is 1. The minimum absolute atomic E-state index is 0.0706. The normalized spacial score (nSPS) is 11.2. The van der Waals surface area contributed by atoms with Crippen LogP contribution in [0, 0.1) is 0 Å². The summed E-state index contributed by atoms with van der Waals surface area (Å²) in [4.78, 5) is 11.7. The van der Waals surface area contributed by atoms with Gasteiger partial charge in [0, 0.05) is 49.5 Å². The first-order valence-electron chi connectivity index (χ1n) is 11.1. The number of aromatic nitrogens is 1. The summed E-state index contributed by atoms with van der Waals surface area (Å²) in [5.41, 5.74) is 8.64. The van der Waals surface area contributed by atoms with Gasteiger partial charge >= 0.3 is 0 Å². The molecule has 0 bridgehead atoms. The number of rotatable bonds is 11. The van der Waals surface area contributed by atoms with E-state index in [0.717, 1.165) is 37.1 Å². The highest BCUT2D eigenvalue weighted by atomic mass is 16.5. The van der Waals surface area contributed by atoms with Gasteiger partial charge in [0.1, 0.15) is 6.54 Å². The number of benzene rings is 2. The molecule has 0 fully saturated rings. The first kappa shape index (κ1) is 23.3. The number of aryl methyl sites for hydroxylation is 1. The molecule has 32 heavy (non-hydrogen) atoms. The summed E-state index contributed by atoms with van der Waals surface area (Å²) in [6.45, 7) is 1.87. The van der Waals surface area contributed by atoms with E-state index in [2.05, 4.69) is 46.3 Å². The summed E-state index contributed by atoms with van der Waals surface area (Å²) in [6, 6.07) is 17.9. The number of nitrogens with two attached hydrogens (primary N) is 1. The Morgan fingerprint density at radius 2 is 1.94 bits per heavy atom. The van der Waals surface area contributed by atoms with Crippen molar-refractivity contribution in [2.24, 2.45) is 5.73 Å². The van der Waals surface area contributed by atoms with Gasteiger partial charge in [-0.25, -0.2) is 0 Å². The minimum Gasteiger partial charge on any atom is -0.504 e. The van der Waals surface area contributed by atoms with Crippen LogP contribution in [0.5, 0.6) is 11.5 Å². The standard InChI is InChI=1S/C26H31N3O3/c1-32-25-19-20(11-15-24(25)30)10-13-22-14-12-21-7-4-5-8-23(21)29(22)18-6-2-3-9-26(31)28-17-16-27/h4-5,7-8,10-15,19H,2-3,6,9,16-18,27H2,1H3,(H,28,31)/p+1. The van der Waals surface area contributed by atoms with Gasteiger partial charge in [-0.15, -0.1) is 0 Å². The lowest BCUT2D eigenvalue weighted by atomic mass is 10.1. The summed E-state index contributed by atoms with van der Waals surface area (Å²) in [5.74, 6) is 0.650. The molecule has 6 nitrogen and oxygen atoms in total. The predicted octanol–water partition coefficient (Wildman–Crippen LogP) is 3.65. The average molecular weight is 435 g/mol. The Morgan fingerprint density at radius 1 is 1.09 bits per heavy atom. The lowest BCUT2D eigenvalue weighted by Gasteiger charge is -2.07. The average Bonchev–Trinajstić information content (AvgIpc) is 2.82. The van der Waals surface area contributed by atoms with Crippen LogP contribution in [0.1, 0.15) is 36.9 Å². The molecular weight excluding hydrogens is 402 g/mol. The van der Waals surface area contributed by atoms with Crippen molar-refractivity contribution >= 4 is 29.0 Å². The number of hydrogen-bond donors (Lipinski definition) is 3. The quantitative estimate of drug-likeness (QED) is 0.318. The van der Waals surface area contributed by atoms with Crippen molar-refractivity contribution in [1.29, 1.82) is 0 Å². The molecule has 0 saturated carbocycles. The van der Waals surface area contributed by atoms with E-state index >= 15 is 0 Å². The molecule has 0 unspecified atom stereocenters. The van der Waals surface area contributed by atoms with E-state index in [-0.39, 0.29) is 11.7 Å². The van der Waals surface area contributed by atoms with Crippen LogP contribution in [0.15, 0.2) is 54.6 Å². The molecule has 3 aromatic rings. The van der Waals surface area contributed by atoms with Gasteiger partial charge in [-0.3, -0.25) is 4.79 Å². The lowest BCUT2D eigenvalue weighted by Crippen LogP contribution is -2.38. The maximum Gasteiger partial charge on any atom is 0.220 e. The summed E-state index contributed by atoms with van der Waals surface area (Å²) in [5, 5.41) is 13.8. The van der Waals surface area contributed by atoms with E-state index in [1.165, 1.54) is 10.9 Å². The third-order valence-corrected chi connectivity index (χ3v) is 5.38. The van der Waals surface area contributed by atoms with Crippen LogP contribution in [-0.4, -0.2) is 31.2 Å². The number of nitrogens with zero attached hydrogens (tertiary/aromatic N) is 1. The third-order valence-electron chi connectivity index (χ3n) is 5.38. The number of ether oxygens (including phenoxy) is 1. The molecule has 0 saturated heterocycles. The fraction of sp³-hybridized carbons (Fsp3) is 0.308. The highest BCUT2D eigenvalue weighted by Crippen LogP contribution is 2.27. The molecule has 6 heteroatoms. The number of phenolic OH excluding ortho intramolecular Hbond substituents is 1. The van der Waals surface area contributed by atoms with Crippen molar-refractivity contribution in [2.45, 2.75) is 32.2 Å². The molecule has 0 spiro atoms. The Kier molecular flexibility index (Phi) is 8.63. The van der Waals surface area contributed by atoms with E-state index in [4.69, 9.17) is 10.5 Å². The van der Waals surface area contributed by atoms with Crippen molar-refractivity contribution in [3.05, 3.63) is 65.9 Å². The Morgan fingerprint density at radius 3 is 2.75 bits per heavy atom. The molecule has 0 aliphatic rings. The molecule has 0 aliphatic heterocycles. The summed E-state index contributed by atoms with van der Waals surface area (Å²) in [6.07, 6.45) is 7.46. The number of fused-ring (bicyclic) bond motifs is 1. The van der Waals surface area contributed by atoms with Crippen molar-refractivity contribution < 1.29 is 19.2 Å². The zero-order chi connectivity index (χ0) is 22.8. The number of amides is 1. The molecule has 168 valence electrons. The molecule has 2 aromatic carbocycles. The molecule has 0 aliphatic carbocycles. The van der Waals surface area contributed by atoms with Gasteiger partial charge in [0.05, 0.1) is 7.11 Å². The number of carbonyl (C=O) groups excluding carboxylic acids is 1. The second-order valence-electron chi connectivity index (χ2n) is 7.68. The summed E-state index contributed by atoms with van der Waals surface area (Å²) < 4.78 is 7.53. The Hall–Kier alpha value is -3.38. The zero-order valence-electron chi connectivity index (χ0n) is 18.6. The monoisotopic (exact) mass is 434 g/mol. The fourth-order valence-electron chi connectivity index (χ4n) is 3.69. The Labute approximate surface area is 189 Å². The van der Waals surface area contributed by atoms with E-state index < -0.39 is 0 Å². The SMILES string of the molecule is COc1cc(/C=C/c2ccc3ccccc3[n+]2CCCCCC(=O)NCCN)ccc1O. The minimum atomic E-state index is 0.0706. The van der Waals surface area contributed by atoms with Gasteiger partial charge in [0.25, 0.3) is 0 Å². The molecule has 1 amide bonds. The van der Waals surface area contributed by atoms with Crippen molar-refractivity contribution in [2.75, 3.05) is 20.2 Å². The zero-order valence-corrected chi connectivity index (χ0v) is 18.6. The molecule has 1 aromatic heterocycles. The van der Waals surface area contributed by atoms with Crippen LogP contribution < -0.4 is 20.4 Å². The number of nitrogens with one attached hydrogen (secondary N) is 1. The molecule has 3 rings (SSSR count). The van der Waals surface area contributed by atoms with Crippen LogP contribution >= 0.6 is 0 Å². The first-order valence-corrected chi connectivity index (χ1v) is 11.1. The first-order chi connectivity index (χ1) is 15.6. The maximum atomic E-state index is 11.7. The van der Waals surface area contributed by atoms with Gasteiger partial charge < -0.3 is 20.9 Å². The molecule has 1 heterocycles. The number of para-hydroxylation sites is 1. The number of hydrogen-bond acceptors (Lipinski definition) is 4. The van der Waals surface area contributed by atoms with E-state index in [9.17, 15) is 9.90 Å². The Bertz CT molecular complexity index is 1080. The van der Waals surface area contributed by atoms with Crippen molar-refractivity contribution in [1.82, 2.24) is 5.32 Å². The van der Waals surface area contributed by atoms with Gasteiger partial charge in [-0.05, 0) is 48.7 Å². The smallest absolute Gasteiger partial charge is 0.220 e. The molecule has 4 N–H and O–H groups in total. The van der Waals surface area contributed by atoms with Gasteiger partial charge in [0.15, 0.2) is 11.5 Å². The Balaban J connectivity index is 1.73. The third kappa shape index (κ3) is 6.31. The summed E-state index contributed by atoms with van der Waals surface area (Å²) >= 11 is 0. The van der Waals surface area contributed by atoms with Gasteiger partial charge in [-0.1, -0.05) is 18.2 Å². The molecule has 0 atom stereocenters. The van der Waals surface area contributed by atoms with E-state index in [1.54, 1.807) is 13.2 Å². The number of methoxy groups -OCH3 is 1. The van der Waals surface area contributed by atoms with Crippen molar-refractivity contribution in [3.8, 4) is 11.5 Å². The van der Waals surface area contributed by atoms with Crippen LogP contribution in [0.25, 0.3) is 23.1 Å². The van der Waals surface area contributed by atoms with E-state index in [0.29, 0.717) is 25.3 Å². The largest absolute Gasteiger partial charge is 0.504 e. The summed E-state index contributed by atoms with van der Waals surface area (Å²) in [7, 11) is 1.54. The highest BCUT2D eigenvalue weighted by Gasteiger charge is 2.13. The van der Waals surface area contributed by atoms with Gasteiger partial charge in [-0.2, -0.15) is 4.57 Å². The van der Waals surface area contributed by atoms with Crippen LogP contribution in [-0.2, 0) is 11.3 Å². The number of phenols is 1.